The molecule has 4 rings (SSSR count). The smallest absolute Gasteiger partial charge is 0.226 e. The number of benzene rings is 2. The van der Waals surface area contributed by atoms with Crippen LogP contribution in [0.1, 0.15) is 29.5 Å². The quantitative estimate of drug-likeness (QED) is 0.743. The van der Waals surface area contributed by atoms with Gasteiger partial charge >= 0.3 is 0 Å². The van der Waals surface area contributed by atoms with Crippen LogP contribution in [0.3, 0.4) is 0 Å². The van der Waals surface area contributed by atoms with Gasteiger partial charge in [0.2, 0.25) is 15.9 Å². The Balaban J connectivity index is 1.36. The van der Waals surface area contributed by atoms with Crippen molar-refractivity contribution in [2.45, 2.75) is 31.6 Å². The summed E-state index contributed by atoms with van der Waals surface area (Å²) < 4.78 is 27.1. The average Bonchev–Trinajstić information content (AvgIpc) is 2.74. The van der Waals surface area contributed by atoms with Gasteiger partial charge in [-0.1, -0.05) is 54.1 Å². The van der Waals surface area contributed by atoms with Crippen molar-refractivity contribution in [3.05, 3.63) is 70.2 Å². The molecule has 1 saturated heterocycles. The predicted molar refractivity (Wildman–Crippen MR) is 114 cm³/mol. The first-order valence-electron chi connectivity index (χ1n) is 10.0. The molecule has 0 bridgehead atoms. The van der Waals surface area contributed by atoms with E-state index in [4.69, 9.17) is 11.6 Å². The van der Waals surface area contributed by atoms with Gasteiger partial charge in [-0.3, -0.25) is 4.79 Å². The highest BCUT2D eigenvalue weighted by Gasteiger charge is 2.34. The molecule has 0 N–H and O–H groups in total. The van der Waals surface area contributed by atoms with Gasteiger partial charge in [-0.2, -0.15) is 0 Å². The van der Waals surface area contributed by atoms with E-state index < -0.39 is 10.0 Å². The summed E-state index contributed by atoms with van der Waals surface area (Å²) in [7, 11) is -3.45. The van der Waals surface area contributed by atoms with Crippen LogP contribution in [0.2, 0.25) is 5.02 Å². The molecule has 154 valence electrons. The summed E-state index contributed by atoms with van der Waals surface area (Å²) in [5.74, 6) is -0.0524. The zero-order valence-electron chi connectivity index (χ0n) is 16.3. The van der Waals surface area contributed by atoms with Crippen LogP contribution >= 0.6 is 11.6 Å². The fourth-order valence-corrected chi connectivity index (χ4v) is 6.10. The first kappa shape index (κ1) is 20.4. The molecule has 0 aromatic heterocycles. The predicted octanol–water partition coefficient (Wildman–Crippen LogP) is 3.47. The number of nitrogens with zero attached hydrogens (tertiary/aromatic N) is 2. The molecule has 29 heavy (non-hydrogen) atoms. The molecule has 5 nitrogen and oxygen atoms in total. The van der Waals surface area contributed by atoms with Crippen molar-refractivity contribution in [1.29, 1.82) is 0 Å². The lowest BCUT2D eigenvalue weighted by Crippen LogP contribution is -2.45. The molecule has 2 aromatic carbocycles. The topological polar surface area (TPSA) is 57.7 Å². The van der Waals surface area contributed by atoms with Gasteiger partial charge in [0.1, 0.15) is 0 Å². The molecule has 0 unspecified atom stereocenters. The summed E-state index contributed by atoms with van der Waals surface area (Å²) >= 11 is 6.12. The van der Waals surface area contributed by atoms with Crippen LogP contribution in [-0.4, -0.2) is 43.2 Å². The summed E-state index contributed by atoms with van der Waals surface area (Å²) in [5, 5.41) is 0.464. The highest BCUT2D eigenvalue weighted by molar-refractivity contribution is 7.88. The third kappa shape index (κ3) is 4.49. The number of sulfonamides is 1. The zero-order chi connectivity index (χ0) is 20.4. The molecule has 0 saturated carbocycles. The molecule has 2 heterocycles. The summed E-state index contributed by atoms with van der Waals surface area (Å²) in [6.45, 7) is 2.15. The fraction of sp³-hybridized carbons (Fsp3) is 0.409. The normalized spacial score (nSPS) is 18.4. The molecule has 0 aliphatic carbocycles. The zero-order valence-corrected chi connectivity index (χ0v) is 17.8. The van der Waals surface area contributed by atoms with Crippen molar-refractivity contribution in [2.75, 3.05) is 19.6 Å². The molecule has 1 fully saturated rings. The lowest BCUT2D eigenvalue weighted by atomic mass is 9.94. The number of fused-ring (bicyclic) bond motifs is 1. The van der Waals surface area contributed by atoms with Crippen LogP contribution in [0.25, 0.3) is 0 Å². The summed E-state index contributed by atoms with van der Waals surface area (Å²) in [6, 6.07) is 15.3. The second-order valence-corrected chi connectivity index (χ2v) is 10.2. The van der Waals surface area contributed by atoms with Crippen molar-refractivity contribution in [3.8, 4) is 0 Å². The number of hydrogen-bond acceptors (Lipinski definition) is 3. The van der Waals surface area contributed by atoms with Crippen LogP contribution < -0.4 is 0 Å². The Morgan fingerprint density at radius 1 is 0.966 bits per heavy atom. The van der Waals surface area contributed by atoms with E-state index in [1.54, 1.807) is 24.3 Å². The van der Waals surface area contributed by atoms with Gasteiger partial charge < -0.3 is 4.90 Å². The average molecular weight is 433 g/mol. The van der Waals surface area contributed by atoms with Gasteiger partial charge in [-0.05, 0) is 42.0 Å². The molecule has 2 aromatic rings. The lowest BCUT2D eigenvalue weighted by Gasteiger charge is -2.35. The molecule has 0 radical (unpaired) electrons. The van der Waals surface area contributed by atoms with E-state index in [-0.39, 0.29) is 17.6 Å². The van der Waals surface area contributed by atoms with Gasteiger partial charge in [0.15, 0.2) is 0 Å². The molecule has 0 atom stereocenters. The van der Waals surface area contributed by atoms with Gasteiger partial charge in [0.05, 0.1) is 5.75 Å². The Bertz CT molecular complexity index is 1000. The molecular weight excluding hydrogens is 408 g/mol. The first-order chi connectivity index (χ1) is 13.9. The van der Waals surface area contributed by atoms with Crippen LogP contribution in [0, 0.1) is 5.92 Å². The van der Waals surface area contributed by atoms with Crippen molar-refractivity contribution in [2.24, 2.45) is 5.92 Å². The number of carbonyl (C=O) groups excluding carboxylic acids is 1. The molecule has 2 aliphatic rings. The monoisotopic (exact) mass is 432 g/mol. The largest absolute Gasteiger partial charge is 0.338 e. The molecule has 1 amide bonds. The van der Waals surface area contributed by atoms with E-state index >= 15 is 0 Å². The van der Waals surface area contributed by atoms with E-state index in [0.29, 0.717) is 43.1 Å². The molecule has 7 heteroatoms. The van der Waals surface area contributed by atoms with Crippen molar-refractivity contribution in [1.82, 2.24) is 9.21 Å². The summed E-state index contributed by atoms with van der Waals surface area (Å²) in [4.78, 5) is 14.9. The SMILES string of the molecule is O=C(C1CCN(S(=O)(=O)Cc2ccccc2Cl)CC1)N1CCc2ccccc2C1. The number of amides is 1. The van der Waals surface area contributed by atoms with Gasteiger partial charge in [0, 0.05) is 37.1 Å². The fourth-order valence-electron chi connectivity index (χ4n) is 4.23. The standard InChI is InChI=1S/C22H25ClN2O3S/c23-21-8-4-3-7-20(21)16-29(27,28)25-13-10-18(11-14-25)22(26)24-12-9-17-5-1-2-6-19(17)15-24/h1-8,18H,9-16H2. The van der Waals surface area contributed by atoms with Crippen molar-refractivity contribution >= 4 is 27.5 Å². The number of rotatable bonds is 4. The third-order valence-electron chi connectivity index (χ3n) is 5.93. The highest BCUT2D eigenvalue weighted by Crippen LogP contribution is 2.27. The Kier molecular flexibility index (Phi) is 5.95. The number of carbonyl (C=O) groups is 1. The minimum atomic E-state index is -3.45. The molecule has 2 aliphatic heterocycles. The van der Waals surface area contributed by atoms with E-state index in [1.165, 1.54) is 15.4 Å². The van der Waals surface area contributed by atoms with Crippen molar-refractivity contribution < 1.29 is 13.2 Å². The molecule has 0 spiro atoms. The second kappa shape index (κ2) is 8.46. The second-order valence-electron chi connectivity index (χ2n) is 7.80. The van der Waals surface area contributed by atoms with E-state index in [0.717, 1.165) is 13.0 Å². The maximum Gasteiger partial charge on any atom is 0.226 e. The van der Waals surface area contributed by atoms with Crippen molar-refractivity contribution in [3.63, 3.8) is 0 Å². The van der Waals surface area contributed by atoms with Gasteiger partial charge in [-0.15, -0.1) is 0 Å². The minimum absolute atomic E-state index is 0.103. The van der Waals surface area contributed by atoms with E-state index in [2.05, 4.69) is 12.1 Å². The Hall–Kier alpha value is -1.89. The van der Waals surface area contributed by atoms with Crippen LogP contribution in [0.4, 0.5) is 0 Å². The lowest BCUT2D eigenvalue weighted by molar-refractivity contribution is -0.137. The Morgan fingerprint density at radius 2 is 1.62 bits per heavy atom. The minimum Gasteiger partial charge on any atom is -0.338 e. The highest BCUT2D eigenvalue weighted by atomic mass is 35.5. The summed E-state index contributed by atoms with van der Waals surface area (Å²) in [5.41, 5.74) is 3.14. The summed E-state index contributed by atoms with van der Waals surface area (Å²) in [6.07, 6.45) is 2.02. The van der Waals surface area contributed by atoms with Crippen LogP contribution in [-0.2, 0) is 33.5 Å². The maximum atomic E-state index is 13.0. The van der Waals surface area contributed by atoms with Gasteiger partial charge in [0.25, 0.3) is 0 Å². The number of hydrogen-bond donors (Lipinski definition) is 0. The Labute approximate surface area is 177 Å². The first-order valence-corrected chi connectivity index (χ1v) is 12.0. The van der Waals surface area contributed by atoms with E-state index in [1.807, 2.05) is 17.0 Å². The number of halogens is 1. The number of piperidine rings is 1. The molecular formula is C22H25ClN2O3S. The van der Waals surface area contributed by atoms with E-state index in [9.17, 15) is 13.2 Å². The third-order valence-corrected chi connectivity index (χ3v) is 8.13. The Morgan fingerprint density at radius 3 is 2.34 bits per heavy atom. The van der Waals surface area contributed by atoms with Gasteiger partial charge in [-0.25, -0.2) is 12.7 Å². The van der Waals surface area contributed by atoms with Crippen LogP contribution in [0.15, 0.2) is 48.5 Å². The maximum absolute atomic E-state index is 13.0. The van der Waals surface area contributed by atoms with Crippen LogP contribution in [0.5, 0.6) is 0 Å².